The fourth-order valence-electron chi connectivity index (χ4n) is 2.26. The van der Waals surface area contributed by atoms with Crippen molar-refractivity contribution in [1.82, 2.24) is 4.90 Å². The lowest BCUT2D eigenvalue weighted by Crippen LogP contribution is -2.40. The molecule has 2 aliphatic heterocycles. The van der Waals surface area contributed by atoms with Crippen LogP contribution in [-0.2, 0) is 4.79 Å². The van der Waals surface area contributed by atoms with Crippen LogP contribution in [0, 0.1) is 0 Å². The molecular formula is C8H10Cl3NO. The normalized spacial score (nSPS) is 35.5. The van der Waals surface area contributed by atoms with E-state index in [1.807, 2.05) is 4.90 Å². The molecule has 2 nitrogen and oxygen atoms in total. The minimum absolute atomic E-state index is 0.0284. The van der Waals surface area contributed by atoms with Crippen LogP contribution in [0.25, 0.3) is 0 Å². The summed E-state index contributed by atoms with van der Waals surface area (Å²) in [5.74, 6) is 0.230. The lowest BCUT2D eigenvalue weighted by molar-refractivity contribution is -0.119. The van der Waals surface area contributed by atoms with Crippen molar-refractivity contribution < 1.29 is 4.79 Å². The minimum atomic E-state index is -1.32. The predicted molar refractivity (Wildman–Crippen MR) is 53.4 cm³/mol. The van der Waals surface area contributed by atoms with E-state index in [1.54, 1.807) is 0 Å². The Morgan fingerprint density at radius 1 is 1.38 bits per heavy atom. The topological polar surface area (TPSA) is 20.3 Å². The Bertz CT molecular complexity index is 238. The van der Waals surface area contributed by atoms with Gasteiger partial charge in [-0.3, -0.25) is 9.69 Å². The van der Waals surface area contributed by atoms with E-state index in [4.69, 9.17) is 34.8 Å². The Hall–Kier alpha value is 0.500. The first kappa shape index (κ1) is 10.0. The fourth-order valence-corrected chi connectivity index (χ4v) is 2.86. The molecule has 0 aromatic rings. The Balaban J connectivity index is 2.20. The van der Waals surface area contributed by atoms with Crippen molar-refractivity contribution in [3.8, 4) is 0 Å². The van der Waals surface area contributed by atoms with Gasteiger partial charge in [-0.15, -0.1) is 0 Å². The van der Waals surface area contributed by atoms with Crippen molar-refractivity contribution in [1.29, 1.82) is 0 Å². The summed E-state index contributed by atoms with van der Waals surface area (Å²) in [5.41, 5.74) is 0. The molecule has 0 radical (unpaired) electrons. The van der Waals surface area contributed by atoms with Gasteiger partial charge < -0.3 is 0 Å². The molecule has 2 saturated heterocycles. The van der Waals surface area contributed by atoms with Gasteiger partial charge in [-0.2, -0.15) is 0 Å². The van der Waals surface area contributed by atoms with Gasteiger partial charge in [0, 0.05) is 6.42 Å². The molecular weight excluding hydrogens is 232 g/mol. The number of hydrogen-bond donors (Lipinski definition) is 0. The predicted octanol–water partition coefficient (Wildman–Crippen LogP) is 2.16. The first-order valence-electron chi connectivity index (χ1n) is 4.35. The lowest BCUT2D eigenvalue weighted by atomic mass is 10.1. The maximum atomic E-state index is 11.5. The first-order chi connectivity index (χ1) is 6.00. The molecule has 2 heterocycles. The van der Waals surface area contributed by atoms with Crippen LogP contribution in [0.5, 0.6) is 0 Å². The highest BCUT2D eigenvalue weighted by atomic mass is 35.6. The number of Topliss-reactive ketones (excluding diaryl/α,β-unsaturated/α-hetero) is 1. The van der Waals surface area contributed by atoms with Gasteiger partial charge in [0.1, 0.15) is 0 Å². The van der Waals surface area contributed by atoms with Crippen molar-refractivity contribution >= 4 is 40.6 Å². The quantitative estimate of drug-likeness (QED) is 0.607. The number of nitrogens with zero attached hydrogens (tertiary/aromatic N) is 1. The molecule has 0 spiro atoms. The van der Waals surface area contributed by atoms with Crippen LogP contribution >= 0.6 is 34.8 Å². The zero-order valence-electron chi connectivity index (χ0n) is 6.97. The summed E-state index contributed by atoms with van der Waals surface area (Å²) in [6, 6.07) is -0.182. The van der Waals surface area contributed by atoms with Crippen LogP contribution in [0.3, 0.4) is 0 Å². The molecule has 2 fully saturated rings. The second-order valence-corrected chi connectivity index (χ2v) is 5.99. The molecule has 0 aliphatic carbocycles. The number of rotatable bonds is 0. The SMILES string of the molecule is O=C1C[C@@H](C(Cl)(Cl)Cl)N2CCC[C@H]12. The third-order valence-electron chi connectivity index (χ3n) is 2.84. The molecule has 0 saturated carbocycles. The number of carbonyl (C=O) groups is 1. The van der Waals surface area contributed by atoms with Crippen LogP contribution in [0.15, 0.2) is 0 Å². The standard InChI is InChI=1S/C8H10Cl3NO/c9-8(10,11)7-4-6(13)5-2-1-3-12(5)7/h5,7H,1-4H2/t5-,7+/m1/s1. The van der Waals surface area contributed by atoms with Crippen molar-refractivity contribution in [2.24, 2.45) is 0 Å². The van der Waals surface area contributed by atoms with Crippen molar-refractivity contribution in [2.75, 3.05) is 6.54 Å². The maximum Gasteiger partial charge on any atom is 0.206 e. The first-order valence-corrected chi connectivity index (χ1v) is 5.48. The maximum absolute atomic E-state index is 11.5. The summed E-state index contributed by atoms with van der Waals surface area (Å²) in [5, 5.41) is 0. The average Bonchev–Trinajstić information content (AvgIpc) is 2.51. The summed E-state index contributed by atoms with van der Waals surface area (Å²) in [7, 11) is 0. The van der Waals surface area contributed by atoms with E-state index in [0.29, 0.717) is 6.42 Å². The number of halogens is 3. The molecule has 2 atom stereocenters. The van der Waals surface area contributed by atoms with Crippen molar-refractivity contribution in [3.05, 3.63) is 0 Å². The minimum Gasteiger partial charge on any atom is -0.298 e. The molecule has 0 bridgehead atoms. The third kappa shape index (κ3) is 1.70. The highest BCUT2D eigenvalue weighted by Crippen LogP contribution is 2.42. The smallest absolute Gasteiger partial charge is 0.206 e. The monoisotopic (exact) mass is 241 g/mol. The highest BCUT2D eigenvalue weighted by molar-refractivity contribution is 6.68. The van der Waals surface area contributed by atoms with Crippen molar-refractivity contribution in [3.63, 3.8) is 0 Å². The van der Waals surface area contributed by atoms with E-state index >= 15 is 0 Å². The second-order valence-electron chi connectivity index (χ2n) is 3.62. The Kier molecular flexibility index (Phi) is 2.52. The summed E-state index contributed by atoms with van der Waals surface area (Å²) >= 11 is 17.4. The second kappa shape index (κ2) is 3.27. The van der Waals surface area contributed by atoms with E-state index < -0.39 is 3.79 Å². The zero-order valence-corrected chi connectivity index (χ0v) is 9.24. The van der Waals surface area contributed by atoms with Gasteiger partial charge in [0.15, 0.2) is 5.78 Å². The number of carbonyl (C=O) groups excluding carboxylic acids is 1. The summed E-state index contributed by atoms with van der Waals surface area (Å²) in [6.45, 7) is 0.884. The van der Waals surface area contributed by atoms with Gasteiger partial charge in [0.25, 0.3) is 0 Å². The Morgan fingerprint density at radius 3 is 2.69 bits per heavy atom. The molecule has 2 rings (SSSR count). The van der Waals surface area contributed by atoms with Crippen LogP contribution in [-0.4, -0.2) is 33.1 Å². The van der Waals surface area contributed by atoms with E-state index in [0.717, 1.165) is 19.4 Å². The number of ketones is 1. The van der Waals surface area contributed by atoms with Gasteiger partial charge >= 0.3 is 0 Å². The van der Waals surface area contributed by atoms with Crippen LogP contribution in [0.4, 0.5) is 0 Å². The van der Waals surface area contributed by atoms with Gasteiger partial charge in [-0.25, -0.2) is 0 Å². The zero-order chi connectivity index (χ0) is 9.64. The summed E-state index contributed by atoms with van der Waals surface area (Å²) in [6.07, 6.45) is 2.35. The fraction of sp³-hybridized carbons (Fsp3) is 0.875. The molecule has 2 aliphatic rings. The Labute approximate surface area is 92.1 Å². The number of alkyl halides is 3. The number of hydrogen-bond acceptors (Lipinski definition) is 2. The molecule has 0 aromatic carbocycles. The molecule has 0 amide bonds. The van der Waals surface area contributed by atoms with Crippen LogP contribution in [0.2, 0.25) is 0 Å². The average molecular weight is 243 g/mol. The van der Waals surface area contributed by atoms with Crippen LogP contribution < -0.4 is 0 Å². The molecule has 0 aromatic heterocycles. The van der Waals surface area contributed by atoms with Crippen molar-refractivity contribution in [2.45, 2.75) is 35.1 Å². The molecule has 13 heavy (non-hydrogen) atoms. The summed E-state index contributed by atoms with van der Waals surface area (Å²) in [4.78, 5) is 13.5. The van der Waals surface area contributed by atoms with E-state index in [-0.39, 0.29) is 17.9 Å². The number of fused-ring (bicyclic) bond motifs is 1. The molecule has 0 unspecified atom stereocenters. The third-order valence-corrected chi connectivity index (χ3v) is 3.59. The van der Waals surface area contributed by atoms with E-state index in [9.17, 15) is 4.79 Å². The summed E-state index contributed by atoms with van der Waals surface area (Å²) < 4.78 is -1.32. The van der Waals surface area contributed by atoms with E-state index in [1.165, 1.54) is 0 Å². The van der Waals surface area contributed by atoms with Crippen LogP contribution in [0.1, 0.15) is 19.3 Å². The molecule has 0 N–H and O–H groups in total. The largest absolute Gasteiger partial charge is 0.298 e. The van der Waals surface area contributed by atoms with Gasteiger partial charge in [0.05, 0.1) is 12.1 Å². The van der Waals surface area contributed by atoms with Gasteiger partial charge in [0.2, 0.25) is 3.79 Å². The van der Waals surface area contributed by atoms with Gasteiger partial charge in [-0.1, -0.05) is 34.8 Å². The molecule has 5 heteroatoms. The Morgan fingerprint density at radius 2 is 2.08 bits per heavy atom. The van der Waals surface area contributed by atoms with E-state index in [2.05, 4.69) is 0 Å². The highest BCUT2D eigenvalue weighted by Gasteiger charge is 2.50. The lowest BCUT2D eigenvalue weighted by Gasteiger charge is -2.28. The molecule has 74 valence electrons. The van der Waals surface area contributed by atoms with Gasteiger partial charge in [-0.05, 0) is 19.4 Å².